The molecule has 1 fully saturated rings. The fourth-order valence-electron chi connectivity index (χ4n) is 6.94. The molecule has 0 radical (unpaired) electrons. The average molecular weight is 1050 g/mol. The van der Waals surface area contributed by atoms with E-state index in [0.717, 1.165) is 54.7 Å². The first-order valence-electron chi connectivity index (χ1n) is 22.5. The number of aliphatic hydroxyl groups excluding tert-OH is 2. The van der Waals surface area contributed by atoms with Gasteiger partial charge in [-0.1, -0.05) is 110 Å². The van der Waals surface area contributed by atoms with Gasteiger partial charge in [0, 0.05) is 37.1 Å². The summed E-state index contributed by atoms with van der Waals surface area (Å²) in [6.07, 6.45) is 8.77. The van der Waals surface area contributed by atoms with Crippen LogP contribution < -0.4 is 16.4 Å². The number of amides is 2. The Bertz CT molecular complexity index is 2080. The van der Waals surface area contributed by atoms with Crippen LogP contribution in [0.25, 0.3) is 11.2 Å². The van der Waals surface area contributed by atoms with E-state index in [1.165, 1.54) is 71.6 Å². The SMILES string of the molecule is CCCCCCCCCCCCCCCC(=O)CC(=O)SCCNC(=O)CCNC(=O)[C@H](O)C(C)(C)COP(=O)(O)OP(=O)(O)OC[C@H]1O[C@@H](n2cnc3c(N)ncnc32)C(O)C1OP(=O)(O)O. The van der Waals surface area contributed by atoms with Crippen LogP contribution >= 0.6 is 35.2 Å². The number of nitrogens with one attached hydrogen (secondary N) is 2. The van der Waals surface area contributed by atoms with Crippen LogP contribution in [0.5, 0.6) is 0 Å². The zero-order valence-corrected chi connectivity index (χ0v) is 42.1. The number of anilines is 1. The number of unbranched alkanes of at least 4 members (excludes halogenated alkanes) is 12. The van der Waals surface area contributed by atoms with Crippen molar-refractivity contribution in [1.82, 2.24) is 30.2 Å². The summed E-state index contributed by atoms with van der Waals surface area (Å²) in [6.45, 7) is 2.57. The quantitative estimate of drug-likeness (QED) is 0.0266. The standard InChI is InChI=1S/C39H68N7O18P3S/c1-4-5-6-7-8-9-10-11-12-13-14-15-16-17-27(47)22-30(49)68-21-20-41-29(48)18-19-42-37(52)34(51)39(2,3)24-61-67(58,59)64-66(56,57)60-23-28-33(63-65(53,54)55)32(50)38(62-28)46-26-45-31-35(40)43-25-44-36(31)46/h25-26,28,32-34,38,50-51H,4-24H2,1-3H3,(H,41,48)(H,42,52)(H,56,57)(H,58,59)(H2,40,43,44)(H2,53,54,55)/t28-,32?,33?,34+,38-/m1/s1. The van der Waals surface area contributed by atoms with Crippen molar-refractivity contribution in [2.24, 2.45) is 5.41 Å². The number of thioether (sulfide) groups is 1. The van der Waals surface area contributed by atoms with E-state index < -0.39 is 84.6 Å². The van der Waals surface area contributed by atoms with E-state index in [1.807, 2.05) is 0 Å². The predicted octanol–water partition coefficient (Wildman–Crippen LogP) is 4.11. The lowest BCUT2D eigenvalue weighted by atomic mass is 9.87. The van der Waals surface area contributed by atoms with Crippen molar-refractivity contribution >= 4 is 74.9 Å². The van der Waals surface area contributed by atoms with Crippen molar-refractivity contribution in [3.63, 3.8) is 0 Å². The van der Waals surface area contributed by atoms with Crippen molar-refractivity contribution in [3.05, 3.63) is 12.7 Å². The first-order chi connectivity index (χ1) is 31.9. The maximum absolute atomic E-state index is 12.7. The van der Waals surface area contributed by atoms with Gasteiger partial charge in [-0.25, -0.2) is 28.6 Å². The lowest BCUT2D eigenvalue weighted by Gasteiger charge is -2.30. The van der Waals surface area contributed by atoms with Crippen LogP contribution in [0.1, 0.15) is 130 Å². The fourth-order valence-corrected chi connectivity index (χ4v) is 10.5. The molecule has 2 amide bonds. The highest BCUT2D eigenvalue weighted by Crippen LogP contribution is 2.61. The minimum atomic E-state index is -5.59. The van der Waals surface area contributed by atoms with Gasteiger partial charge in [0.05, 0.1) is 26.0 Å². The number of nitrogens with zero attached hydrogens (tertiary/aromatic N) is 4. The Morgan fingerprint density at radius 2 is 1.47 bits per heavy atom. The molecule has 1 saturated heterocycles. The third kappa shape index (κ3) is 21.7. The number of rotatable bonds is 35. The Balaban J connectivity index is 1.31. The van der Waals surface area contributed by atoms with Crippen molar-refractivity contribution in [2.45, 2.75) is 154 Å². The van der Waals surface area contributed by atoms with Crippen molar-refractivity contribution in [1.29, 1.82) is 0 Å². The Morgan fingerprint density at radius 1 is 0.868 bits per heavy atom. The number of phosphoric ester groups is 3. The molecule has 7 atom stereocenters. The number of nitrogens with two attached hydrogens (primary N) is 1. The van der Waals surface area contributed by atoms with Crippen molar-refractivity contribution in [3.8, 4) is 0 Å². The summed E-state index contributed by atoms with van der Waals surface area (Å²) in [7, 11) is -16.4. The maximum Gasteiger partial charge on any atom is 0.481 e. The van der Waals surface area contributed by atoms with Crippen molar-refractivity contribution in [2.75, 3.05) is 37.8 Å². The van der Waals surface area contributed by atoms with E-state index >= 15 is 0 Å². The number of imidazole rings is 1. The highest BCUT2D eigenvalue weighted by molar-refractivity contribution is 8.13. The van der Waals surface area contributed by atoms with E-state index in [1.54, 1.807) is 0 Å². The Morgan fingerprint density at radius 3 is 2.09 bits per heavy atom. The molecule has 0 bridgehead atoms. The normalized spacial score (nSPS) is 19.9. The maximum atomic E-state index is 12.7. The number of aliphatic hydroxyl groups is 2. The number of nitrogen functional groups attached to an aromatic ring is 1. The summed E-state index contributed by atoms with van der Waals surface area (Å²) in [5.41, 5.74) is 4.25. The van der Waals surface area contributed by atoms with Gasteiger partial charge in [0.1, 0.15) is 42.0 Å². The fraction of sp³-hybridized carbons (Fsp3) is 0.769. The third-order valence-corrected chi connectivity index (χ3v) is 14.6. The smallest absolute Gasteiger partial charge is 0.386 e. The molecular weight excluding hydrogens is 979 g/mol. The summed E-state index contributed by atoms with van der Waals surface area (Å²) in [5, 5.41) is 26.2. The average Bonchev–Trinajstić information content (AvgIpc) is 3.82. The number of hydrogen-bond acceptors (Lipinski definition) is 19. The van der Waals surface area contributed by atoms with Gasteiger partial charge in [-0.05, 0) is 6.42 Å². The Hall–Kier alpha value is -2.77. The van der Waals surface area contributed by atoms with E-state index in [9.17, 15) is 62.7 Å². The van der Waals surface area contributed by atoms with Gasteiger partial charge in [0.2, 0.25) is 11.8 Å². The number of ether oxygens (including phenoxy) is 1. The molecule has 10 N–H and O–H groups in total. The molecule has 0 spiro atoms. The van der Waals surface area contributed by atoms with Gasteiger partial charge >= 0.3 is 23.5 Å². The van der Waals surface area contributed by atoms with Gasteiger partial charge in [-0.2, -0.15) is 4.31 Å². The third-order valence-electron chi connectivity index (χ3n) is 10.7. The number of ketones is 1. The molecule has 29 heteroatoms. The summed E-state index contributed by atoms with van der Waals surface area (Å²) >= 11 is 0.940. The topological polar surface area (TPSA) is 381 Å². The van der Waals surface area contributed by atoms with Crippen molar-refractivity contribution < 1.29 is 85.3 Å². The molecule has 0 aromatic carbocycles. The molecule has 4 unspecified atom stereocenters. The summed E-state index contributed by atoms with van der Waals surface area (Å²) < 4.78 is 62.4. The number of fused-ring (bicyclic) bond motifs is 1. The number of carbonyl (C=O) groups excluding carboxylic acids is 4. The molecule has 3 rings (SSSR count). The lowest BCUT2D eigenvalue weighted by Crippen LogP contribution is -2.46. The van der Waals surface area contributed by atoms with E-state index in [-0.39, 0.29) is 59.6 Å². The summed E-state index contributed by atoms with van der Waals surface area (Å²) in [5.74, 6) is -1.39. The monoisotopic (exact) mass is 1050 g/mol. The second-order valence-electron chi connectivity index (χ2n) is 17.0. The molecule has 1 aliphatic heterocycles. The minimum Gasteiger partial charge on any atom is -0.386 e. The molecule has 3 heterocycles. The van der Waals surface area contributed by atoms with Crippen LogP contribution in [0.2, 0.25) is 0 Å². The molecule has 2 aromatic rings. The summed E-state index contributed by atoms with van der Waals surface area (Å²) in [6, 6.07) is 0. The van der Waals surface area contributed by atoms with Crippen LogP contribution in [-0.4, -0.2) is 128 Å². The largest absolute Gasteiger partial charge is 0.481 e. The van der Waals surface area contributed by atoms with Gasteiger partial charge in [0.25, 0.3) is 0 Å². The first kappa shape index (κ1) is 59.5. The van der Waals surface area contributed by atoms with Crippen LogP contribution in [-0.2, 0) is 55.5 Å². The van der Waals surface area contributed by atoms with Gasteiger partial charge < -0.3 is 50.9 Å². The molecular formula is C39H68N7O18P3S. The highest BCUT2D eigenvalue weighted by atomic mass is 32.2. The van der Waals surface area contributed by atoms with Gasteiger partial charge in [0.15, 0.2) is 22.8 Å². The number of Topliss-reactive ketones (excluding diaryl/α,β-unsaturated/α-hetero) is 1. The molecule has 1 aliphatic rings. The van der Waals surface area contributed by atoms with Gasteiger partial charge in [-0.3, -0.25) is 37.3 Å². The first-order valence-corrected chi connectivity index (χ1v) is 28.0. The number of hydrogen-bond donors (Lipinski definition) is 9. The minimum absolute atomic E-state index is 0.0264. The van der Waals surface area contributed by atoms with Crippen LogP contribution in [0.3, 0.4) is 0 Å². The van der Waals surface area contributed by atoms with Crippen LogP contribution in [0.15, 0.2) is 12.7 Å². The van der Waals surface area contributed by atoms with Crippen LogP contribution in [0.4, 0.5) is 5.82 Å². The molecule has 25 nitrogen and oxygen atoms in total. The Kier molecular flexibility index (Phi) is 25.3. The zero-order valence-electron chi connectivity index (χ0n) is 38.6. The second kappa shape index (κ2) is 28.9. The van der Waals surface area contributed by atoms with E-state index in [2.05, 4.69) is 41.3 Å². The molecule has 68 heavy (non-hydrogen) atoms. The van der Waals surface area contributed by atoms with Gasteiger partial charge in [-0.15, -0.1) is 0 Å². The summed E-state index contributed by atoms with van der Waals surface area (Å²) in [4.78, 5) is 101. The molecule has 0 saturated carbocycles. The van der Waals surface area contributed by atoms with Crippen LogP contribution in [0, 0.1) is 5.41 Å². The zero-order chi connectivity index (χ0) is 50.5. The highest BCUT2D eigenvalue weighted by Gasteiger charge is 2.50. The number of carbonyl (C=O) groups is 4. The Labute approximate surface area is 399 Å². The van der Waals surface area contributed by atoms with E-state index in [4.69, 9.17) is 19.5 Å². The number of aromatic nitrogens is 4. The predicted molar refractivity (Wildman–Crippen MR) is 247 cm³/mol. The van der Waals surface area contributed by atoms with E-state index in [0.29, 0.717) is 6.42 Å². The lowest BCUT2D eigenvalue weighted by molar-refractivity contribution is -0.137. The second-order valence-corrected chi connectivity index (χ2v) is 22.4. The molecule has 2 aromatic heterocycles. The number of phosphoric acid groups is 3. The molecule has 388 valence electrons. The molecule has 0 aliphatic carbocycles.